The Hall–Kier alpha value is -2.21. The Morgan fingerprint density at radius 3 is 2.80 bits per heavy atom. The topological polar surface area (TPSA) is 60.2 Å². The minimum Gasteiger partial charge on any atom is -0.376 e. The van der Waals surface area contributed by atoms with E-state index >= 15 is 0 Å². The molecule has 2 aromatic rings. The fourth-order valence-electron chi connectivity index (χ4n) is 3.84. The molecule has 0 bridgehead atoms. The van der Waals surface area contributed by atoms with Crippen molar-refractivity contribution in [3.63, 3.8) is 0 Å². The number of amides is 1. The summed E-state index contributed by atoms with van der Waals surface area (Å²) in [5.74, 6) is 0.677. The van der Waals surface area contributed by atoms with E-state index in [0.29, 0.717) is 24.1 Å². The predicted octanol–water partition coefficient (Wildman–Crippen LogP) is 2.83. The molecule has 0 radical (unpaired) electrons. The van der Waals surface area contributed by atoms with Gasteiger partial charge in [0.2, 0.25) is 0 Å². The van der Waals surface area contributed by atoms with Crippen molar-refractivity contribution in [1.82, 2.24) is 19.7 Å². The summed E-state index contributed by atoms with van der Waals surface area (Å²) >= 11 is 0. The van der Waals surface area contributed by atoms with E-state index in [1.165, 1.54) is 12.8 Å². The van der Waals surface area contributed by atoms with Crippen LogP contribution >= 0.6 is 0 Å². The number of hydrogen-bond acceptors (Lipinski definition) is 4. The van der Waals surface area contributed by atoms with Crippen molar-refractivity contribution in [2.24, 2.45) is 0 Å². The van der Waals surface area contributed by atoms with E-state index in [0.717, 1.165) is 32.3 Å². The van der Waals surface area contributed by atoms with Crippen LogP contribution in [0.5, 0.6) is 0 Å². The number of carbonyl (C=O) groups is 1. The quantitative estimate of drug-likeness (QED) is 0.840. The third-order valence-electron chi connectivity index (χ3n) is 5.14. The van der Waals surface area contributed by atoms with Crippen LogP contribution in [0.2, 0.25) is 0 Å². The maximum absolute atomic E-state index is 13.2. The minimum absolute atomic E-state index is 0.0106. The molecular formula is C19H24N4O2. The van der Waals surface area contributed by atoms with Crippen molar-refractivity contribution >= 4 is 5.91 Å². The van der Waals surface area contributed by atoms with Crippen LogP contribution in [0.25, 0.3) is 5.82 Å². The van der Waals surface area contributed by atoms with Crippen LogP contribution in [0.1, 0.15) is 49.0 Å². The van der Waals surface area contributed by atoms with Crippen molar-refractivity contribution in [3.8, 4) is 5.82 Å². The Bertz CT molecular complexity index is 704. The normalized spacial score (nSPS) is 20.9. The highest BCUT2D eigenvalue weighted by Crippen LogP contribution is 2.26. The third-order valence-corrected chi connectivity index (χ3v) is 5.14. The predicted molar refractivity (Wildman–Crippen MR) is 93.6 cm³/mol. The van der Waals surface area contributed by atoms with E-state index in [1.54, 1.807) is 16.9 Å². The summed E-state index contributed by atoms with van der Waals surface area (Å²) in [7, 11) is 0. The Labute approximate surface area is 147 Å². The van der Waals surface area contributed by atoms with Gasteiger partial charge in [-0.2, -0.15) is 5.10 Å². The lowest BCUT2D eigenvalue weighted by atomic mass is 10.1. The molecule has 2 fully saturated rings. The van der Waals surface area contributed by atoms with Crippen LogP contribution in [0, 0.1) is 0 Å². The lowest BCUT2D eigenvalue weighted by Crippen LogP contribution is -2.43. The lowest BCUT2D eigenvalue weighted by molar-refractivity contribution is 0.0416. The standard InChI is InChI=1S/C19H24N4O2/c24-19(17-9-3-10-18(21-17)23-12-5-11-20-23)22(15-6-1-2-7-15)14-16-8-4-13-25-16/h3,5,9-12,15-16H,1-2,4,6-8,13-14H2/t16-/m1/s1. The van der Waals surface area contributed by atoms with Crippen LogP contribution in [-0.4, -0.2) is 50.9 Å². The molecule has 3 heterocycles. The molecule has 1 aliphatic heterocycles. The highest BCUT2D eigenvalue weighted by molar-refractivity contribution is 5.92. The maximum atomic E-state index is 13.2. The van der Waals surface area contributed by atoms with Crippen molar-refractivity contribution in [3.05, 3.63) is 42.4 Å². The molecule has 4 rings (SSSR count). The van der Waals surface area contributed by atoms with Crippen molar-refractivity contribution < 1.29 is 9.53 Å². The van der Waals surface area contributed by atoms with Crippen molar-refractivity contribution in [2.45, 2.75) is 50.7 Å². The van der Waals surface area contributed by atoms with Gasteiger partial charge in [0.05, 0.1) is 6.10 Å². The molecule has 1 saturated heterocycles. The lowest BCUT2D eigenvalue weighted by Gasteiger charge is -2.31. The van der Waals surface area contributed by atoms with Crippen LogP contribution in [0.4, 0.5) is 0 Å². The van der Waals surface area contributed by atoms with Gasteiger partial charge in [-0.25, -0.2) is 9.67 Å². The van der Waals surface area contributed by atoms with Gasteiger partial charge in [-0.05, 0) is 43.9 Å². The maximum Gasteiger partial charge on any atom is 0.272 e. The summed E-state index contributed by atoms with van der Waals surface area (Å²) < 4.78 is 7.46. The van der Waals surface area contributed by atoms with Crippen molar-refractivity contribution in [1.29, 1.82) is 0 Å². The molecule has 2 aromatic heterocycles. The van der Waals surface area contributed by atoms with Crippen LogP contribution in [0.3, 0.4) is 0 Å². The molecule has 1 aliphatic carbocycles. The summed E-state index contributed by atoms with van der Waals surface area (Å²) in [6.07, 6.45) is 10.4. The first-order chi connectivity index (χ1) is 12.3. The molecule has 0 unspecified atom stereocenters. The third kappa shape index (κ3) is 3.58. The summed E-state index contributed by atoms with van der Waals surface area (Å²) in [6, 6.07) is 7.69. The fourth-order valence-corrected chi connectivity index (χ4v) is 3.84. The van der Waals surface area contributed by atoms with E-state index in [1.807, 2.05) is 29.3 Å². The number of nitrogens with zero attached hydrogens (tertiary/aromatic N) is 4. The molecule has 6 heteroatoms. The molecule has 1 atom stereocenters. The molecule has 0 N–H and O–H groups in total. The molecule has 132 valence electrons. The first-order valence-corrected chi connectivity index (χ1v) is 9.21. The van der Waals surface area contributed by atoms with E-state index < -0.39 is 0 Å². The number of hydrogen-bond donors (Lipinski definition) is 0. The van der Waals surface area contributed by atoms with Gasteiger partial charge in [-0.15, -0.1) is 0 Å². The largest absolute Gasteiger partial charge is 0.376 e. The number of ether oxygens (including phenoxy) is 1. The zero-order valence-corrected chi connectivity index (χ0v) is 14.4. The first-order valence-electron chi connectivity index (χ1n) is 9.21. The van der Waals surface area contributed by atoms with Gasteiger partial charge in [0, 0.05) is 31.6 Å². The Kier molecular flexibility index (Phi) is 4.78. The molecule has 0 spiro atoms. The zero-order chi connectivity index (χ0) is 17.1. The Balaban J connectivity index is 1.57. The SMILES string of the molecule is O=C(c1cccc(-n2cccn2)n1)N(C[C@H]1CCCO1)C1CCCC1. The summed E-state index contributed by atoms with van der Waals surface area (Å²) in [6.45, 7) is 1.49. The van der Waals surface area contributed by atoms with E-state index in [4.69, 9.17) is 4.74 Å². The highest BCUT2D eigenvalue weighted by atomic mass is 16.5. The van der Waals surface area contributed by atoms with Gasteiger partial charge in [-0.3, -0.25) is 4.79 Å². The van der Waals surface area contributed by atoms with E-state index in [2.05, 4.69) is 10.1 Å². The van der Waals surface area contributed by atoms with Gasteiger partial charge < -0.3 is 9.64 Å². The molecule has 6 nitrogen and oxygen atoms in total. The second-order valence-corrected chi connectivity index (χ2v) is 6.86. The van der Waals surface area contributed by atoms with Gasteiger partial charge in [-0.1, -0.05) is 18.9 Å². The second-order valence-electron chi connectivity index (χ2n) is 6.86. The minimum atomic E-state index is 0.0106. The van der Waals surface area contributed by atoms with E-state index in [-0.39, 0.29) is 12.0 Å². The average Bonchev–Trinajstić information content (AvgIpc) is 3.42. The molecular weight excluding hydrogens is 316 g/mol. The molecule has 1 saturated carbocycles. The monoisotopic (exact) mass is 340 g/mol. The second kappa shape index (κ2) is 7.35. The highest BCUT2D eigenvalue weighted by Gasteiger charge is 2.31. The first kappa shape index (κ1) is 16.3. The van der Waals surface area contributed by atoms with Gasteiger partial charge >= 0.3 is 0 Å². The summed E-state index contributed by atoms with van der Waals surface area (Å²) in [4.78, 5) is 19.8. The fraction of sp³-hybridized carbons (Fsp3) is 0.526. The van der Waals surface area contributed by atoms with E-state index in [9.17, 15) is 4.79 Å². The Morgan fingerprint density at radius 1 is 1.20 bits per heavy atom. The summed E-state index contributed by atoms with van der Waals surface area (Å²) in [5.41, 5.74) is 0.484. The number of aromatic nitrogens is 3. The zero-order valence-electron chi connectivity index (χ0n) is 14.4. The number of pyridine rings is 1. The van der Waals surface area contributed by atoms with Gasteiger partial charge in [0.1, 0.15) is 5.69 Å². The number of rotatable bonds is 5. The average molecular weight is 340 g/mol. The van der Waals surface area contributed by atoms with Crippen LogP contribution in [-0.2, 0) is 4.74 Å². The van der Waals surface area contributed by atoms with Crippen molar-refractivity contribution in [2.75, 3.05) is 13.2 Å². The van der Waals surface area contributed by atoms with Gasteiger partial charge in [0.15, 0.2) is 5.82 Å². The van der Waals surface area contributed by atoms with Crippen LogP contribution < -0.4 is 0 Å². The summed E-state index contributed by atoms with van der Waals surface area (Å²) in [5, 5.41) is 4.20. The molecule has 2 aliphatic rings. The Morgan fingerprint density at radius 2 is 2.08 bits per heavy atom. The smallest absolute Gasteiger partial charge is 0.272 e. The molecule has 1 amide bonds. The molecule has 0 aromatic carbocycles. The van der Waals surface area contributed by atoms with Gasteiger partial charge in [0.25, 0.3) is 5.91 Å². The molecule has 25 heavy (non-hydrogen) atoms. The van der Waals surface area contributed by atoms with Crippen LogP contribution in [0.15, 0.2) is 36.7 Å². The number of carbonyl (C=O) groups excluding carboxylic acids is 1.